The number of likely N-dealkylation sites (N-methyl/N-ethyl adjacent to an activating group) is 1. The van der Waals surface area contributed by atoms with Gasteiger partial charge in [-0.25, -0.2) is 18.1 Å². The van der Waals surface area contributed by atoms with Gasteiger partial charge in [0, 0.05) is 38.9 Å². The Labute approximate surface area is 162 Å². The maximum Gasteiger partial charge on any atom is 0.240 e. The highest BCUT2D eigenvalue weighted by Gasteiger charge is 2.17. The summed E-state index contributed by atoms with van der Waals surface area (Å²) < 4.78 is 27.8. The Morgan fingerprint density at radius 3 is 2.41 bits per heavy atom. The van der Waals surface area contributed by atoms with E-state index in [9.17, 15) is 8.42 Å². The zero-order chi connectivity index (χ0) is 19.3. The number of benzene rings is 1. The molecular formula is C20H28N4O2S. The van der Waals surface area contributed by atoms with E-state index in [0.29, 0.717) is 4.90 Å². The van der Waals surface area contributed by atoms with Crippen LogP contribution in [0.4, 0.5) is 5.82 Å². The van der Waals surface area contributed by atoms with E-state index in [0.717, 1.165) is 56.0 Å². The second-order valence-electron chi connectivity index (χ2n) is 7.03. The smallest absolute Gasteiger partial charge is 0.240 e. The monoisotopic (exact) mass is 388 g/mol. The maximum absolute atomic E-state index is 12.6. The van der Waals surface area contributed by atoms with E-state index in [1.54, 1.807) is 18.3 Å². The molecule has 0 atom stereocenters. The third kappa shape index (κ3) is 5.28. The van der Waals surface area contributed by atoms with Gasteiger partial charge in [-0.1, -0.05) is 25.5 Å². The molecule has 7 heteroatoms. The molecule has 146 valence electrons. The summed E-state index contributed by atoms with van der Waals surface area (Å²) >= 11 is 0. The fraction of sp³-hybridized carbons (Fsp3) is 0.450. The first-order valence-electron chi connectivity index (χ1n) is 9.45. The number of hydrogen-bond acceptors (Lipinski definition) is 5. The molecule has 1 aromatic carbocycles. The summed E-state index contributed by atoms with van der Waals surface area (Å²) in [4.78, 5) is 9.28. The van der Waals surface area contributed by atoms with Crippen LogP contribution in [0, 0.1) is 0 Å². The van der Waals surface area contributed by atoms with E-state index < -0.39 is 10.0 Å². The summed E-state index contributed by atoms with van der Waals surface area (Å²) in [5.74, 6) is 0.906. The molecule has 3 rings (SSSR count). The number of nitrogens with zero attached hydrogens (tertiary/aromatic N) is 3. The Kier molecular flexibility index (Phi) is 6.46. The lowest BCUT2D eigenvalue weighted by molar-refractivity contribution is 0.312. The molecular weight excluding hydrogens is 360 g/mol. The summed E-state index contributed by atoms with van der Waals surface area (Å²) in [5.41, 5.74) is 2.06. The second kappa shape index (κ2) is 8.82. The van der Waals surface area contributed by atoms with Gasteiger partial charge in [0.15, 0.2) is 0 Å². The first-order chi connectivity index (χ1) is 13.0. The van der Waals surface area contributed by atoms with Crippen LogP contribution in [0.5, 0.6) is 0 Å². The molecule has 27 heavy (non-hydrogen) atoms. The van der Waals surface area contributed by atoms with Crippen molar-refractivity contribution in [1.82, 2.24) is 14.6 Å². The summed E-state index contributed by atoms with van der Waals surface area (Å²) in [6.07, 6.45) is 3.75. The van der Waals surface area contributed by atoms with Crippen LogP contribution in [-0.2, 0) is 23.0 Å². The van der Waals surface area contributed by atoms with Crippen LogP contribution in [0.15, 0.2) is 47.5 Å². The number of sulfonamides is 1. The lowest BCUT2D eigenvalue weighted by atomic mass is 10.1. The summed E-state index contributed by atoms with van der Waals surface area (Å²) in [6, 6.07) is 10.9. The molecule has 1 N–H and O–H groups in total. The summed E-state index contributed by atoms with van der Waals surface area (Å²) in [7, 11) is -1.41. The number of piperazine rings is 1. The number of hydrogen-bond donors (Lipinski definition) is 1. The van der Waals surface area contributed by atoms with Crippen molar-refractivity contribution in [2.45, 2.75) is 31.2 Å². The lowest BCUT2D eigenvalue weighted by Crippen LogP contribution is -2.44. The highest BCUT2D eigenvalue weighted by molar-refractivity contribution is 7.89. The molecule has 0 saturated carbocycles. The summed E-state index contributed by atoms with van der Waals surface area (Å²) in [5, 5.41) is 0. The Bertz CT molecular complexity index is 845. The first kappa shape index (κ1) is 19.8. The van der Waals surface area contributed by atoms with E-state index >= 15 is 0 Å². The minimum absolute atomic E-state index is 0.252. The van der Waals surface area contributed by atoms with Crippen molar-refractivity contribution in [2.75, 3.05) is 38.1 Å². The number of aryl methyl sites for hydroxylation is 1. The van der Waals surface area contributed by atoms with Gasteiger partial charge in [-0.05, 0) is 48.9 Å². The lowest BCUT2D eigenvalue weighted by Gasteiger charge is -2.33. The fourth-order valence-electron chi connectivity index (χ4n) is 3.16. The minimum Gasteiger partial charge on any atom is -0.354 e. The second-order valence-corrected chi connectivity index (χ2v) is 8.80. The van der Waals surface area contributed by atoms with Gasteiger partial charge >= 0.3 is 0 Å². The summed E-state index contributed by atoms with van der Waals surface area (Å²) in [6.45, 7) is 6.24. The normalized spacial score (nSPS) is 15.9. The van der Waals surface area contributed by atoms with Crippen LogP contribution in [0.1, 0.15) is 24.5 Å². The highest BCUT2D eigenvalue weighted by atomic mass is 32.2. The third-order valence-electron chi connectivity index (χ3n) is 4.88. The standard InChI is InChI=1S/C20H28N4O2S/c1-3-4-17-5-7-19(8-6-17)27(25,26)22-16-18-9-10-21-20(15-18)24-13-11-23(2)12-14-24/h5-10,15,22H,3-4,11-14,16H2,1-2H3. The fourth-order valence-corrected chi connectivity index (χ4v) is 4.18. The van der Waals surface area contributed by atoms with E-state index in [2.05, 4.69) is 33.5 Å². The Morgan fingerprint density at radius 2 is 1.74 bits per heavy atom. The van der Waals surface area contributed by atoms with E-state index in [-0.39, 0.29) is 6.54 Å². The average Bonchev–Trinajstić information content (AvgIpc) is 2.68. The highest BCUT2D eigenvalue weighted by Crippen LogP contribution is 2.16. The molecule has 0 unspecified atom stereocenters. The van der Waals surface area contributed by atoms with Gasteiger partial charge in [0.2, 0.25) is 10.0 Å². The predicted molar refractivity (Wildman–Crippen MR) is 108 cm³/mol. The number of rotatable bonds is 7. The van der Waals surface area contributed by atoms with Gasteiger partial charge in [-0.15, -0.1) is 0 Å². The largest absolute Gasteiger partial charge is 0.354 e. The van der Waals surface area contributed by atoms with Crippen molar-refractivity contribution in [3.05, 3.63) is 53.7 Å². The van der Waals surface area contributed by atoms with E-state index in [4.69, 9.17) is 0 Å². The number of anilines is 1. The van der Waals surface area contributed by atoms with E-state index in [1.165, 1.54) is 0 Å². The average molecular weight is 389 g/mol. The number of aromatic nitrogens is 1. The zero-order valence-electron chi connectivity index (χ0n) is 16.1. The van der Waals surface area contributed by atoms with Crippen LogP contribution in [0.3, 0.4) is 0 Å². The van der Waals surface area contributed by atoms with Gasteiger partial charge in [-0.3, -0.25) is 0 Å². The predicted octanol–water partition coefficient (Wildman–Crippen LogP) is 2.26. The molecule has 1 aliphatic rings. The minimum atomic E-state index is -3.53. The molecule has 0 aliphatic carbocycles. The van der Waals surface area contributed by atoms with Crippen LogP contribution >= 0.6 is 0 Å². The van der Waals surface area contributed by atoms with Gasteiger partial charge in [0.05, 0.1) is 4.90 Å². The van der Waals surface area contributed by atoms with Gasteiger partial charge in [0.1, 0.15) is 5.82 Å². The Balaban J connectivity index is 1.64. The molecule has 0 amide bonds. The van der Waals surface area contributed by atoms with Crippen LogP contribution in [-0.4, -0.2) is 51.5 Å². The molecule has 1 fully saturated rings. The zero-order valence-corrected chi connectivity index (χ0v) is 16.9. The molecule has 0 radical (unpaired) electrons. The van der Waals surface area contributed by atoms with Crippen molar-refractivity contribution in [1.29, 1.82) is 0 Å². The molecule has 1 aromatic heterocycles. The molecule has 2 aromatic rings. The number of pyridine rings is 1. The molecule has 0 spiro atoms. The van der Waals surface area contributed by atoms with E-state index in [1.807, 2.05) is 24.3 Å². The number of nitrogens with one attached hydrogen (secondary N) is 1. The van der Waals surface area contributed by atoms with Gasteiger partial charge in [-0.2, -0.15) is 0 Å². The van der Waals surface area contributed by atoms with Crippen molar-refractivity contribution in [3.8, 4) is 0 Å². The van der Waals surface area contributed by atoms with Crippen molar-refractivity contribution in [3.63, 3.8) is 0 Å². The third-order valence-corrected chi connectivity index (χ3v) is 6.29. The Morgan fingerprint density at radius 1 is 1.04 bits per heavy atom. The van der Waals surface area contributed by atoms with Gasteiger partial charge in [0.25, 0.3) is 0 Å². The maximum atomic E-state index is 12.6. The molecule has 2 heterocycles. The quantitative estimate of drug-likeness (QED) is 0.788. The molecule has 1 aliphatic heterocycles. The molecule has 6 nitrogen and oxygen atoms in total. The first-order valence-corrected chi connectivity index (χ1v) is 10.9. The van der Waals surface area contributed by atoms with Crippen molar-refractivity contribution >= 4 is 15.8 Å². The van der Waals surface area contributed by atoms with Crippen LogP contribution < -0.4 is 9.62 Å². The van der Waals surface area contributed by atoms with Crippen LogP contribution in [0.25, 0.3) is 0 Å². The molecule has 0 bridgehead atoms. The van der Waals surface area contributed by atoms with Crippen molar-refractivity contribution in [2.24, 2.45) is 0 Å². The van der Waals surface area contributed by atoms with Crippen molar-refractivity contribution < 1.29 is 8.42 Å². The topological polar surface area (TPSA) is 65.5 Å². The SMILES string of the molecule is CCCc1ccc(S(=O)(=O)NCc2ccnc(N3CCN(C)CC3)c2)cc1. The van der Waals surface area contributed by atoms with Crippen LogP contribution in [0.2, 0.25) is 0 Å². The molecule has 1 saturated heterocycles. The Hall–Kier alpha value is -1.96. The van der Waals surface area contributed by atoms with Gasteiger partial charge < -0.3 is 9.80 Å².